The normalized spacial score (nSPS) is 10.8. The average Bonchev–Trinajstić information content (AvgIpc) is 3.09. The number of nitrogens with zero attached hydrogens (tertiary/aromatic N) is 1. The summed E-state index contributed by atoms with van der Waals surface area (Å²) in [5, 5.41) is 3.32. The molecule has 1 heterocycles. The molecule has 30 heavy (non-hydrogen) atoms. The van der Waals surface area contributed by atoms with E-state index in [0.717, 1.165) is 40.1 Å². The van der Waals surface area contributed by atoms with Crippen LogP contribution in [0.5, 0.6) is 0 Å². The lowest BCUT2D eigenvalue weighted by Gasteiger charge is -2.06. The molecule has 0 aliphatic rings. The van der Waals surface area contributed by atoms with Crippen molar-refractivity contribution in [1.82, 2.24) is 4.98 Å². The summed E-state index contributed by atoms with van der Waals surface area (Å²) in [4.78, 5) is 30.5. The number of hydrogen-bond acceptors (Lipinski definition) is 4. The lowest BCUT2D eigenvalue weighted by molar-refractivity contribution is -0.116. The van der Waals surface area contributed by atoms with Gasteiger partial charge in [0.25, 0.3) is 0 Å². The Labute approximate surface area is 180 Å². The Morgan fingerprint density at radius 3 is 2.47 bits per heavy atom. The zero-order valence-corrected chi connectivity index (χ0v) is 18.2. The SMILES string of the molecule is CCCc1sc(NC(=O)CCC(=O)c2ccc(C)cc2C)nc1-c1ccc(F)cc1. The molecule has 156 valence electrons. The van der Waals surface area contributed by atoms with Gasteiger partial charge in [0.2, 0.25) is 5.91 Å². The minimum atomic E-state index is -0.298. The lowest BCUT2D eigenvalue weighted by atomic mass is 9.99. The fourth-order valence-electron chi connectivity index (χ4n) is 3.30. The number of benzene rings is 2. The maximum Gasteiger partial charge on any atom is 0.226 e. The minimum Gasteiger partial charge on any atom is -0.302 e. The van der Waals surface area contributed by atoms with Gasteiger partial charge in [-0.05, 0) is 50.1 Å². The largest absolute Gasteiger partial charge is 0.302 e. The fourth-order valence-corrected chi connectivity index (χ4v) is 4.41. The van der Waals surface area contributed by atoms with E-state index in [-0.39, 0.29) is 30.3 Å². The van der Waals surface area contributed by atoms with Crippen molar-refractivity contribution in [2.45, 2.75) is 46.5 Å². The topological polar surface area (TPSA) is 59.1 Å². The minimum absolute atomic E-state index is 0.0412. The van der Waals surface area contributed by atoms with Crippen molar-refractivity contribution in [3.8, 4) is 11.3 Å². The summed E-state index contributed by atoms with van der Waals surface area (Å²) in [6.07, 6.45) is 2.01. The van der Waals surface area contributed by atoms with Crippen molar-refractivity contribution in [1.29, 1.82) is 0 Å². The van der Waals surface area contributed by atoms with E-state index in [4.69, 9.17) is 0 Å². The summed E-state index contributed by atoms with van der Waals surface area (Å²) in [6, 6.07) is 11.9. The monoisotopic (exact) mass is 424 g/mol. The van der Waals surface area contributed by atoms with E-state index in [1.807, 2.05) is 32.0 Å². The van der Waals surface area contributed by atoms with Crippen LogP contribution in [0.3, 0.4) is 0 Å². The summed E-state index contributed by atoms with van der Waals surface area (Å²) in [7, 11) is 0. The summed E-state index contributed by atoms with van der Waals surface area (Å²) in [6.45, 7) is 5.96. The maximum absolute atomic E-state index is 13.2. The standard InChI is InChI=1S/C24H25FN2O2S/c1-4-5-21-23(17-7-9-18(25)10-8-17)27-24(30-21)26-22(29)13-12-20(28)19-11-6-15(2)14-16(19)3/h6-11,14H,4-5,12-13H2,1-3H3,(H,26,27,29). The Morgan fingerprint density at radius 1 is 1.07 bits per heavy atom. The number of anilines is 1. The Morgan fingerprint density at radius 2 is 1.80 bits per heavy atom. The van der Waals surface area contributed by atoms with Crippen molar-refractivity contribution in [3.63, 3.8) is 0 Å². The van der Waals surface area contributed by atoms with Gasteiger partial charge in [0.15, 0.2) is 10.9 Å². The van der Waals surface area contributed by atoms with E-state index in [2.05, 4.69) is 17.2 Å². The van der Waals surface area contributed by atoms with Gasteiger partial charge in [-0.15, -0.1) is 11.3 Å². The van der Waals surface area contributed by atoms with Gasteiger partial charge in [0.1, 0.15) is 5.82 Å². The van der Waals surface area contributed by atoms with Crippen LogP contribution in [-0.2, 0) is 11.2 Å². The molecule has 6 heteroatoms. The highest BCUT2D eigenvalue weighted by atomic mass is 32.1. The predicted molar refractivity (Wildman–Crippen MR) is 120 cm³/mol. The number of carbonyl (C=O) groups excluding carboxylic acids is 2. The number of thiazole rings is 1. The van der Waals surface area contributed by atoms with Gasteiger partial charge in [-0.2, -0.15) is 0 Å². The number of ketones is 1. The first-order valence-electron chi connectivity index (χ1n) is 10.0. The molecule has 0 spiro atoms. The summed E-state index contributed by atoms with van der Waals surface area (Å²) >= 11 is 1.42. The Kier molecular flexibility index (Phi) is 7.11. The van der Waals surface area contributed by atoms with E-state index in [0.29, 0.717) is 10.7 Å². The molecule has 0 saturated carbocycles. The maximum atomic E-state index is 13.2. The molecule has 1 N–H and O–H groups in total. The van der Waals surface area contributed by atoms with Gasteiger partial charge in [-0.25, -0.2) is 9.37 Å². The van der Waals surface area contributed by atoms with Crippen LogP contribution in [0.4, 0.5) is 9.52 Å². The van der Waals surface area contributed by atoms with Gasteiger partial charge < -0.3 is 5.32 Å². The number of rotatable bonds is 8. The van der Waals surface area contributed by atoms with Gasteiger partial charge in [0, 0.05) is 28.8 Å². The first-order valence-corrected chi connectivity index (χ1v) is 10.8. The number of hydrogen-bond donors (Lipinski definition) is 1. The number of halogens is 1. The summed E-state index contributed by atoms with van der Waals surface area (Å²) in [5.74, 6) is -0.580. The molecular weight excluding hydrogens is 399 g/mol. The Hall–Kier alpha value is -2.86. The third kappa shape index (κ3) is 5.39. The van der Waals surface area contributed by atoms with Crippen molar-refractivity contribution in [3.05, 3.63) is 69.8 Å². The van der Waals surface area contributed by atoms with E-state index in [9.17, 15) is 14.0 Å². The van der Waals surface area contributed by atoms with Gasteiger partial charge in [-0.1, -0.05) is 37.1 Å². The van der Waals surface area contributed by atoms with Crippen LogP contribution >= 0.6 is 11.3 Å². The van der Waals surface area contributed by atoms with Crippen LogP contribution in [0, 0.1) is 19.7 Å². The van der Waals surface area contributed by atoms with Crippen LogP contribution in [0.1, 0.15) is 52.5 Å². The molecule has 0 fully saturated rings. The van der Waals surface area contributed by atoms with Crippen LogP contribution < -0.4 is 5.32 Å². The predicted octanol–water partition coefficient (Wildman–Crippen LogP) is 6.12. The molecule has 4 nitrogen and oxygen atoms in total. The molecule has 0 aliphatic heterocycles. The first kappa shape index (κ1) is 21.8. The molecule has 0 saturated heterocycles. The zero-order valence-electron chi connectivity index (χ0n) is 17.4. The highest BCUT2D eigenvalue weighted by Crippen LogP contribution is 2.32. The van der Waals surface area contributed by atoms with Gasteiger partial charge in [-0.3, -0.25) is 9.59 Å². The van der Waals surface area contributed by atoms with E-state index in [1.165, 1.54) is 23.5 Å². The highest BCUT2D eigenvalue weighted by molar-refractivity contribution is 7.16. The van der Waals surface area contributed by atoms with Crippen molar-refractivity contribution in [2.24, 2.45) is 0 Å². The lowest BCUT2D eigenvalue weighted by Crippen LogP contribution is -2.13. The van der Waals surface area contributed by atoms with Crippen LogP contribution in [0.15, 0.2) is 42.5 Å². The fraction of sp³-hybridized carbons (Fsp3) is 0.292. The quantitative estimate of drug-likeness (QED) is 0.443. The van der Waals surface area contributed by atoms with Crippen molar-refractivity contribution >= 4 is 28.2 Å². The van der Waals surface area contributed by atoms with Crippen LogP contribution in [0.2, 0.25) is 0 Å². The number of nitrogens with one attached hydrogen (secondary N) is 1. The van der Waals surface area contributed by atoms with Crippen LogP contribution in [0.25, 0.3) is 11.3 Å². The Balaban J connectivity index is 1.66. The number of aromatic nitrogens is 1. The molecule has 0 bridgehead atoms. The summed E-state index contributed by atoms with van der Waals surface area (Å²) < 4.78 is 13.2. The van der Waals surface area contributed by atoms with Crippen molar-refractivity contribution < 1.29 is 14.0 Å². The van der Waals surface area contributed by atoms with E-state index >= 15 is 0 Å². The number of aryl methyl sites for hydroxylation is 3. The molecule has 0 atom stereocenters. The van der Waals surface area contributed by atoms with E-state index < -0.39 is 0 Å². The molecule has 0 unspecified atom stereocenters. The Bertz CT molecular complexity index is 1060. The number of Topliss-reactive ketones (excluding diaryl/α,β-unsaturated/α-hetero) is 1. The molecule has 3 rings (SSSR count). The van der Waals surface area contributed by atoms with Crippen LogP contribution in [-0.4, -0.2) is 16.7 Å². The smallest absolute Gasteiger partial charge is 0.226 e. The number of amides is 1. The van der Waals surface area contributed by atoms with Crippen molar-refractivity contribution in [2.75, 3.05) is 5.32 Å². The third-order valence-electron chi connectivity index (χ3n) is 4.80. The molecule has 3 aromatic rings. The molecule has 0 aliphatic carbocycles. The second kappa shape index (κ2) is 9.76. The highest BCUT2D eigenvalue weighted by Gasteiger charge is 2.16. The third-order valence-corrected chi connectivity index (χ3v) is 5.83. The molecule has 2 aromatic carbocycles. The zero-order chi connectivity index (χ0) is 21.7. The van der Waals surface area contributed by atoms with E-state index in [1.54, 1.807) is 12.1 Å². The average molecular weight is 425 g/mol. The second-order valence-corrected chi connectivity index (χ2v) is 8.42. The molecule has 1 aromatic heterocycles. The number of carbonyl (C=O) groups is 2. The first-order chi connectivity index (χ1) is 14.4. The van der Waals surface area contributed by atoms with Gasteiger partial charge >= 0.3 is 0 Å². The van der Waals surface area contributed by atoms with Gasteiger partial charge in [0.05, 0.1) is 5.69 Å². The second-order valence-electron chi connectivity index (χ2n) is 7.34. The summed E-state index contributed by atoms with van der Waals surface area (Å²) in [5.41, 5.74) is 4.27. The molecule has 1 amide bonds. The molecule has 0 radical (unpaired) electrons. The molecular formula is C24H25FN2O2S.